The van der Waals surface area contributed by atoms with Crippen molar-refractivity contribution < 1.29 is 0 Å². The Morgan fingerprint density at radius 1 is 0.900 bits per heavy atom. The van der Waals surface area contributed by atoms with E-state index in [4.69, 9.17) is 0 Å². The lowest BCUT2D eigenvalue weighted by molar-refractivity contribution is 0.477. The molecule has 1 saturated heterocycles. The first-order valence-corrected chi connectivity index (χ1v) is 10.9. The van der Waals surface area contributed by atoms with Gasteiger partial charge in [0.1, 0.15) is 8.07 Å². The lowest BCUT2D eigenvalue weighted by Crippen LogP contribution is -2.43. The number of rotatable bonds is 3. The standard InChI is InChI=1S/C18H33NSi/c1-13(2)20(14(3)4,15(5)6)12-10-17-8-7-16-9-11-19-18(16)17/h13-19H,7-9,11H2,1-6H3/t16-,17+,18+/m0/s1. The van der Waals surface area contributed by atoms with Crippen LogP contribution in [0.15, 0.2) is 0 Å². The average molecular weight is 292 g/mol. The van der Waals surface area contributed by atoms with Gasteiger partial charge in [-0.2, -0.15) is 0 Å². The van der Waals surface area contributed by atoms with Crippen LogP contribution in [0.4, 0.5) is 0 Å². The highest BCUT2D eigenvalue weighted by Gasteiger charge is 2.43. The second kappa shape index (κ2) is 6.24. The van der Waals surface area contributed by atoms with Crippen LogP contribution in [0.1, 0.15) is 60.8 Å². The highest BCUT2D eigenvalue weighted by Crippen LogP contribution is 2.42. The molecule has 0 bridgehead atoms. The summed E-state index contributed by atoms with van der Waals surface area (Å²) in [6.07, 6.45) is 4.11. The van der Waals surface area contributed by atoms with Crippen LogP contribution in [-0.4, -0.2) is 20.7 Å². The molecule has 2 rings (SSSR count). The van der Waals surface area contributed by atoms with Crippen molar-refractivity contribution in [1.82, 2.24) is 5.32 Å². The van der Waals surface area contributed by atoms with Crippen molar-refractivity contribution in [2.45, 2.75) is 83.5 Å². The molecule has 20 heavy (non-hydrogen) atoms. The van der Waals surface area contributed by atoms with E-state index in [1.807, 2.05) is 0 Å². The van der Waals surface area contributed by atoms with Crippen molar-refractivity contribution in [2.75, 3.05) is 6.54 Å². The lowest BCUT2D eigenvalue weighted by Gasteiger charge is -2.38. The highest BCUT2D eigenvalue weighted by atomic mass is 28.3. The smallest absolute Gasteiger partial charge is 0.145 e. The Hall–Kier alpha value is -0.263. The van der Waals surface area contributed by atoms with Gasteiger partial charge >= 0.3 is 0 Å². The molecule has 2 fully saturated rings. The van der Waals surface area contributed by atoms with Crippen LogP contribution in [0.25, 0.3) is 0 Å². The third-order valence-electron chi connectivity index (χ3n) is 6.03. The van der Waals surface area contributed by atoms with Gasteiger partial charge in [0.2, 0.25) is 0 Å². The molecule has 0 aromatic rings. The largest absolute Gasteiger partial charge is 0.312 e. The number of hydrogen-bond acceptors (Lipinski definition) is 1. The first-order chi connectivity index (χ1) is 9.39. The van der Waals surface area contributed by atoms with E-state index in [1.54, 1.807) is 0 Å². The minimum atomic E-state index is -1.53. The van der Waals surface area contributed by atoms with Crippen LogP contribution < -0.4 is 5.32 Å². The quantitative estimate of drug-likeness (QED) is 0.592. The molecular weight excluding hydrogens is 258 g/mol. The highest BCUT2D eigenvalue weighted by molar-refractivity contribution is 6.90. The summed E-state index contributed by atoms with van der Waals surface area (Å²) in [5.41, 5.74) is 6.20. The molecule has 1 N–H and O–H groups in total. The fraction of sp³-hybridized carbons (Fsp3) is 0.889. The molecule has 1 saturated carbocycles. The molecule has 1 nitrogen and oxygen atoms in total. The lowest BCUT2D eigenvalue weighted by atomic mass is 10.0. The van der Waals surface area contributed by atoms with Crippen LogP contribution in [0.2, 0.25) is 16.6 Å². The zero-order valence-electron chi connectivity index (χ0n) is 14.3. The summed E-state index contributed by atoms with van der Waals surface area (Å²) in [4.78, 5) is 0. The third kappa shape index (κ3) is 2.72. The van der Waals surface area contributed by atoms with E-state index in [-0.39, 0.29) is 0 Å². The fourth-order valence-corrected chi connectivity index (χ4v) is 10.3. The Morgan fingerprint density at radius 3 is 2.05 bits per heavy atom. The second-order valence-electron chi connectivity index (χ2n) is 7.88. The third-order valence-corrected chi connectivity index (χ3v) is 12.3. The SMILES string of the molecule is CC(C)[Si](C#C[C@H]1CC[C@H]2CCN[C@H]21)(C(C)C)C(C)C. The van der Waals surface area contributed by atoms with Gasteiger partial charge < -0.3 is 5.32 Å². The molecule has 0 aromatic heterocycles. The van der Waals surface area contributed by atoms with Crippen molar-refractivity contribution >= 4 is 8.07 Å². The molecule has 0 unspecified atom stereocenters. The second-order valence-corrected chi connectivity index (χ2v) is 13.5. The molecule has 2 aliphatic rings. The molecule has 0 amide bonds. The Kier molecular flexibility index (Phi) is 5.03. The molecule has 2 heteroatoms. The summed E-state index contributed by atoms with van der Waals surface area (Å²) in [6, 6.07) is 0.709. The van der Waals surface area contributed by atoms with E-state index < -0.39 is 8.07 Å². The van der Waals surface area contributed by atoms with Crippen molar-refractivity contribution in [3.8, 4) is 11.5 Å². The summed E-state index contributed by atoms with van der Waals surface area (Å²) in [7, 11) is -1.53. The van der Waals surface area contributed by atoms with E-state index in [2.05, 4.69) is 58.3 Å². The van der Waals surface area contributed by atoms with E-state index >= 15 is 0 Å². The van der Waals surface area contributed by atoms with Crippen LogP contribution in [0.3, 0.4) is 0 Å². The van der Waals surface area contributed by atoms with E-state index in [1.165, 1.54) is 25.8 Å². The van der Waals surface area contributed by atoms with Gasteiger partial charge in [-0.3, -0.25) is 0 Å². The van der Waals surface area contributed by atoms with Crippen LogP contribution >= 0.6 is 0 Å². The van der Waals surface area contributed by atoms with Crippen molar-refractivity contribution in [3.63, 3.8) is 0 Å². The molecular formula is C18H33NSi. The molecule has 0 radical (unpaired) electrons. The molecule has 1 aliphatic heterocycles. The number of fused-ring (bicyclic) bond motifs is 1. The summed E-state index contributed by atoms with van der Waals surface area (Å²) in [6.45, 7) is 15.7. The molecule has 0 spiro atoms. The molecule has 114 valence electrons. The van der Waals surface area contributed by atoms with E-state index in [0.29, 0.717) is 12.0 Å². The minimum absolute atomic E-state index is 0.630. The summed E-state index contributed by atoms with van der Waals surface area (Å²) in [5, 5.41) is 3.71. The minimum Gasteiger partial charge on any atom is -0.312 e. The maximum Gasteiger partial charge on any atom is 0.145 e. The Bertz CT molecular complexity index is 366. The molecule has 1 heterocycles. The molecule has 1 aliphatic carbocycles. The Labute approximate surface area is 127 Å². The van der Waals surface area contributed by atoms with Crippen LogP contribution in [0.5, 0.6) is 0 Å². The summed E-state index contributed by atoms with van der Waals surface area (Å²) < 4.78 is 0. The summed E-state index contributed by atoms with van der Waals surface area (Å²) >= 11 is 0. The van der Waals surface area contributed by atoms with Gasteiger partial charge in [-0.05, 0) is 48.3 Å². The normalized spacial score (nSPS) is 29.9. The maximum absolute atomic E-state index is 3.94. The topological polar surface area (TPSA) is 12.0 Å². The predicted molar refractivity (Wildman–Crippen MR) is 91.4 cm³/mol. The number of hydrogen-bond donors (Lipinski definition) is 1. The summed E-state index contributed by atoms with van der Waals surface area (Å²) in [5.74, 6) is 5.34. The first kappa shape index (κ1) is 16.1. The monoisotopic (exact) mass is 291 g/mol. The van der Waals surface area contributed by atoms with Gasteiger partial charge in [0.25, 0.3) is 0 Å². The Balaban J connectivity index is 2.22. The van der Waals surface area contributed by atoms with Crippen molar-refractivity contribution in [2.24, 2.45) is 11.8 Å². The van der Waals surface area contributed by atoms with Crippen LogP contribution in [-0.2, 0) is 0 Å². The van der Waals surface area contributed by atoms with Crippen molar-refractivity contribution in [3.05, 3.63) is 0 Å². The van der Waals surface area contributed by atoms with Gasteiger partial charge in [0.05, 0.1) is 0 Å². The van der Waals surface area contributed by atoms with Gasteiger partial charge in [-0.1, -0.05) is 41.5 Å². The zero-order valence-corrected chi connectivity index (χ0v) is 15.3. The molecule has 0 aromatic carbocycles. The molecule has 3 atom stereocenters. The van der Waals surface area contributed by atoms with Crippen LogP contribution in [0, 0.1) is 23.3 Å². The number of nitrogens with one attached hydrogen (secondary N) is 1. The first-order valence-electron chi connectivity index (χ1n) is 8.65. The Morgan fingerprint density at radius 2 is 1.50 bits per heavy atom. The van der Waals surface area contributed by atoms with E-state index in [9.17, 15) is 0 Å². The van der Waals surface area contributed by atoms with Gasteiger partial charge in [0, 0.05) is 12.0 Å². The van der Waals surface area contributed by atoms with Crippen molar-refractivity contribution in [1.29, 1.82) is 0 Å². The predicted octanol–water partition coefficient (Wildman–Crippen LogP) is 4.60. The van der Waals surface area contributed by atoms with E-state index in [0.717, 1.165) is 22.5 Å². The average Bonchev–Trinajstić information content (AvgIpc) is 2.92. The zero-order chi connectivity index (χ0) is 14.9. The van der Waals surface area contributed by atoms with Gasteiger partial charge in [0.15, 0.2) is 0 Å². The maximum atomic E-state index is 3.94. The van der Waals surface area contributed by atoms with Gasteiger partial charge in [-0.25, -0.2) is 0 Å². The van der Waals surface area contributed by atoms with Gasteiger partial charge in [-0.15, -0.1) is 11.5 Å². The fourth-order valence-electron chi connectivity index (χ4n) is 4.96.